The Hall–Kier alpha value is -1.58. The molecule has 0 atom stereocenters. The highest BCUT2D eigenvalue weighted by Gasteiger charge is 2.14. The van der Waals surface area contributed by atoms with E-state index >= 15 is 0 Å². The number of nitrogens with one attached hydrogen (secondary N) is 1. The van der Waals surface area contributed by atoms with Gasteiger partial charge in [0.1, 0.15) is 0 Å². The quantitative estimate of drug-likeness (QED) is 0.480. The third-order valence-corrected chi connectivity index (χ3v) is 4.30. The van der Waals surface area contributed by atoms with E-state index in [9.17, 15) is 10.1 Å². The summed E-state index contributed by atoms with van der Waals surface area (Å²) < 4.78 is 4.94. The Kier molecular flexibility index (Phi) is 4.77. The fourth-order valence-electron chi connectivity index (χ4n) is 1.35. The van der Waals surface area contributed by atoms with Gasteiger partial charge in [-0.25, -0.2) is 0 Å². The normalized spacial score (nSPS) is 10.6. The molecule has 2 aromatic heterocycles. The molecule has 0 spiro atoms. The first-order valence-electron chi connectivity index (χ1n) is 5.51. The van der Waals surface area contributed by atoms with E-state index in [0.29, 0.717) is 16.7 Å². The molecule has 0 aliphatic carbocycles. The fraction of sp³-hybridized carbons (Fsp3) is 0.400. The topological polar surface area (TPSA) is 90.2 Å². The van der Waals surface area contributed by atoms with Crippen LogP contribution in [-0.2, 0) is 4.74 Å². The van der Waals surface area contributed by atoms with Gasteiger partial charge in [0, 0.05) is 26.3 Å². The summed E-state index contributed by atoms with van der Waals surface area (Å²) in [6, 6.07) is 3.17. The molecule has 0 aromatic carbocycles. The van der Waals surface area contributed by atoms with E-state index in [2.05, 4.69) is 15.5 Å². The molecule has 0 amide bonds. The molecular formula is C10H12N4O3S2. The largest absolute Gasteiger partial charge is 0.385 e. The number of methoxy groups -OCH3 is 1. The molecule has 0 aliphatic heterocycles. The van der Waals surface area contributed by atoms with E-state index in [4.69, 9.17) is 4.74 Å². The summed E-state index contributed by atoms with van der Waals surface area (Å²) in [5, 5.41) is 23.3. The minimum absolute atomic E-state index is 0.111. The number of thiophene rings is 1. The van der Waals surface area contributed by atoms with Crippen molar-refractivity contribution >= 4 is 32.8 Å². The summed E-state index contributed by atoms with van der Waals surface area (Å²) >= 11 is 2.48. The standard InChI is InChI=1S/C10H12N4O3S2/c1-17-6-2-5-11-10-13-12-9(19-10)7-3-4-8(18-7)14(15)16/h3-4H,2,5-6H2,1H3,(H,11,13). The van der Waals surface area contributed by atoms with Gasteiger partial charge in [0.15, 0.2) is 5.01 Å². The molecule has 102 valence electrons. The van der Waals surface area contributed by atoms with Crippen molar-refractivity contribution < 1.29 is 9.66 Å². The van der Waals surface area contributed by atoms with E-state index in [1.807, 2.05) is 0 Å². The molecule has 0 aliphatic rings. The lowest BCUT2D eigenvalue weighted by atomic mass is 10.4. The second-order valence-corrected chi connectivity index (χ2v) is 5.62. The molecule has 2 aromatic rings. The number of hydrogen-bond acceptors (Lipinski definition) is 8. The Morgan fingerprint density at radius 1 is 1.42 bits per heavy atom. The molecule has 0 saturated carbocycles. The van der Waals surface area contributed by atoms with E-state index in [0.717, 1.165) is 29.2 Å². The highest BCUT2D eigenvalue weighted by Crippen LogP contribution is 2.35. The third kappa shape index (κ3) is 3.69. The number of aromatic nitrogens is 2. The van der Waals surface area contributed by atoms with E-state index in [1.165, 1.54) is 17.4 Å². The Balaban J connectivity index is 1.97. The van der Waals surface area contributed by atoms with Gasteiger partial charge in [-0.3, -0.25) is 10.1 Å². The van der Waals surface area contributed by atoms with Crippen LogP contribution in [0.3, 0.4) is 0 Å². The minimum Gasteiger partial charge on any atom is -0.385 e. The van der Waals surface area contributed by atoms with Gasteiger partial charge in [0.05, 0.1) is 9.80 Å². The molecule has 1 N–H and O–H groups in total. The first-order valence-corrected chi connectivity index (χ1v) is 7.15. The zero-order chi connectivity index (χ0) is 13.7. The Bertz CT molecular complexity index is 554. The number of nitro groups is 1. The van der Waals surface area contributed by atoms with E-state index in [1.54, 1.807) is 13.2 Å². The summed E-state index contributed by atoms with van der Waals surface area (Å²) in [6.45, 7) is 1.45. The van der Waals surface area contributed by atoms with Gasteiger partial charge in [0.2, 0.25) is 5.13 Å². The molecule has 0 saturated heterocycles. The second kappa shape index (κ2) is 6.55. The Morgan fingerprint density at radius 3 is 2.95 bits per heavy atom. The zero-order valence-corrected chi connectivity index (χ0v) is 11.8. The van der Waals surface area contributed by atoms with Gasteiger partial charge in [-0.15, -0.1) is 10.2 Å². The van der Waals surface area contributed by atoms with Crippen LogP contribution in [0.15, 0.2) is 12.1 Å². The number of ether oxygens (including phenoxy) is 1. The van der Waals surface area contributed by atoms with Crippen LogP contribution >= 0.6 is 22.7 Å². The minimum atomic E-state index is -0.404. The lowest BCUT2D eigenvalue weighted by Gasteiger charge is -1.99. The highest BCUT2D eigenvalue weighted by molar-refractivity contribution is 7.24. The third-order valence-electron chi connectivity index (χ3n) is 2.21. The van der Waals surface area contributed by atoms with Crippen LogP contribution < -0.4 is 5.32 Å². The molecule has 19 heavy (non-hydrogen) atoms. The summed E-state index contributed by atoms with van der Waals surface area (Å²) in [7, 11) is 1.66. The smallest absolute Gasteiger partial charge is 0.324 e. The molecule has 7 nitrogen and oxygen atoms in total. The number of rotatable bonds is 7. The predicted octanol–water partition coefficient (Wildman–Crippen LogP) is 2.62. The number of anilines is 1. The highest BCUT2D eigenvalue weighted by atomic mass is 32.1. The number of nitrogens with zero attached hydrogens (tertiary/aromatic N) is 3. The van der Waals surface area contributed by atoms with Crippen molar-refractivity contribution in [1.82, 2.24) is 10.2 Å². The summed E-state index contributed by atoms with van der Waals surface area (Å²) in [5.41, 5.74) is 0. The second-order valence-electron chi connectivity index (χ2n) is 3.58. The first-order chi connectivity index (χ1) is 9.20. The van der Waals surface area contributed by atoms with Crippen LogP contribution in [0, 0.1) is 10.1 Å². The maximum Gasteiger partial charge on any atom is 0.324 e. The van der Waals surface area contributed by atoms with Gasteiger partial charge in [-0.2, -0.15) is 0 Å². The monoisotopic (exact) mass is 300 g/mol. The maximum atomic E-state index is 10.6. The molecule has 0 radical (unpaired) electrons. The summed E-state index contributed by atoms with van der Waals surface area (Å²) in [6.07, 6.45) is 0.885. The lowest BCUT2D eigenvalue weighted by Crippen LogP contribution is -2.04. The molecule has 2 rings (SSSR count). The molecule has 9 heteroatoms. The molecule has 0 bridgehead atoms. The van der Waals surface area contributed by atoms with Crippen molar-refractivity contribution in [3.63, 3.8) is 0 Å². The van der Waals surface area contributed by atoms with Crippen molar-refractivity contribution in [3.8, 4) is 9.88 Å². The molecule has 2 heterocycles. The van der Waals surface area contributed by atoms with Crippen LogP contribution in [0.5, 0.6) is 0 Å². The van der Waals surface area contributed by atoms with Crippen LogP contribution in [0.2, 0.25) is 0 Å². The first kappa shape index (κ1) is 13.8. The van der Waals surface area contributed by atoms with Gasteiger partial charge < -0.3 is 10.1 Å². The summed E-state index contributed by atoms with van der Waals surface area (Å²) in [4.78, 5) is 11.0. The van der Waals surface area contributed by atoms with Crippen LogP contribution in [-0.4, -0.2) is 35.4 Å². The van der Waals surface area contributed by atoms with Gasteiger partial charge in [-0.1, -0.05) is 22.7 Å². The predicted molar refractivity (Wildman–Crippen MR) is 74.9 cm³/mol. The number of hydrogen-bond donors (Lipinski definition) is 1. The fourth-order valence-corrected chi connectivity index (χ4v) is 2.99. The van der Waals surface area contributed by atoms with Gasteiger partial charge in [0.25, 0.3) is 0 Å². The Labute approximate surface area is 117 Å². The van der Waals surface area contributed by atoms with Gasteiger partial charge >= 0.3 is 5.00 Å². The maximum absolute atomic E-state index is 10.6. The average Bonchev–Trinajstić information content (AvgIpc) is 3.03. The van der Waals surface area contributed by atoms with E-state index in [-0.39, 0.29) is 5.00 Å². The Morgan fingerprint density at radius 2 is 2.26 bits per heavy atom. The van der Waals surface area contributed by atoms with Crippen molar-refractivity contribution in [2.24, 2.45) is 0 Å². The van der Waals surface area contributed by atoms with Crippen LogP contribution in [0.1, 0.15) is 6.42 Å². The van der Waals surface area contributed by atoms with Crippen LogP contribution in [0.25, 0.3) is 9.88 Å². The van der Waals surface area contributed by atoms with Crippen molar-refractivity contribution in [2.75, 3.05) is 25.6 Å². The molecule has 0 fully saturated rings. The molecule has 0 unspecified atom stereocenters. The van der Waals surface area contributed by atoms with Gasteiger partial charge in [-0.05, 0) is 12.5 Å². The zero-order valence-electron chi connectivity index (χ0n) is 10.2. The van der Waals surface area contributed by atoms with Crippen molar-refractivity contribution in [1.29, 1.82) is 0 Å². The van der Waals surface area contributed by atoms with Crippen molar-refractivity contribution in [2.45, 2.75) is 6.42 Å². The SMILES string of the molecule is COCCCNc1nnc(-c2ccc([N+](=O)[O-])s2)s1. The average molecular weight is 300 g/mol. The molecular weight excluding hydrogens is 288 g/mol. The van der Waals surface area contributed by atoms with Crippen molar-refractivity contribution in [3.05, 3.63) is 22.2 Å². The van der Waals surface area contributed by atoms with E-state index < -0.39 is 4.92 Å². The summed E-state index contributed by atoms with van der Waals surface area (Å²) in [5.74, 6) is 0. The van der Waals surface area contributed by atoms with Crippen LogP contribution in [0.4, 0.5) is 10.1 Å². The lowest BCUT2D eigenvalue weighted by molar-refractivity contribution is -0.380.